The lowest BCUT2D eigenvalue weighted by Crippen LogP contribution is -2.37. The quantitative estimate of drug-likeness (QED) is 0.529. The Morgan fingerprint density at radius 1 is 0.750 bits per heavy atom. The molecule has 0 saturated carbocycles. The largest absolute Gasteiger partial charge is 0.375 e. The van der Waals surface area contributed by atoms with Crippen molar-refractivity contribution in [3.8, 4) is 24.3 Å². The van der Waals surface area contributed by atoms with Crippen molar-refractivity contribution >= 4 is 0 Å². The second kappa shape index (κ2) is 9.76. The summed E-state index contributed by atoms with van der Waals surface area (Å²) >= 11 is 0. The fourth-order valence-corrected chi connectivity index (χ4v) is 0.690. The Hall–Kier alpha value is -3.24. The summed E-state index contributed by atoms with van der Waals surface area (Å²) in [6.07, 6.45) is 0. The van der Waals surface area contributed by atoms with Gasteiger partial charge in [0.15, 0.2) is 12.1 Å². The zero-order chi connectivity index (χ0) is 16.3. The van der Waals surface area contributed by atoms with Gasteiger partial charge in [-0.15, -0.1) is 0 Å². The lowest BCUT2D eigenvalue weighted by atomic mass is 10.00. The van der Waals surface area contributed by atoms with Crippen molar-refractivity contribution in [2.45, 2.75) is 25.9 Å². The van der Waals surface area contributed by atoms with Crippen LogP contribution in [0.1, 0.15) is 13.8 Å². The van der Waals surface area contributed by atoms with Crippen LogP contribution in [0.15, 0.2) is 0 Å². The van der Waals surface area contributed by atoms with Gasteiger partial charge in [-0.3, -0.25) is 20.2 Å². The van der Waals surface area contributed by atoms with E-state index in [2.05, 4.69) is 0 Å². The van der Waals surface area contributed by atoms with E-state index in [1.807, 2.05) is 12.1 Å². The van der Waals surface area contributed by atoms with E-state index >= 15 is 0 Å². The molecule has 0 saturated heterocycles. The van der Waals surface area contributed by atoms with E-state index in [0.29, 0.717) is 0 Å². The van der Waals surface area contributed by atoms with Crippen molar-refractivity contribution in [2.24, 2.45) is 11.8 Å². The molecule has 0 aromatic heterocycles. The highest BCUT2D eigenvalue weighted by Gasteiger charge is 2.41. The minimum absolute atomic E-state index is 0.139. The van der Waals surface area contributed by atoms with Gasteiger partial charge in [0.1, 0.15) is 0 Å². The minimum Gasteiger partial charge on any atom is -0.263 e. The second-order valence-corrected chi connectivity index (χ2v) is 3.55. The first kappa shape index (κ1) is 19.1. The normalized spacial score (nSPS) is 14.3. The number of hydrogen-bond acceptors (Lipinski definition) is 8. The first-order chi connectivity index (χ1) is 9.26. The van der Waals surface area contributed by atoms with Crippen LogP contribution in [-0.4, -0.2) is 21.9 Å². The Bertz CT molecular complexity index is 472. The number of nitrogens with zero attached hydrogens (tertiary/aromatic N) is 6. The van der Waals surface area contributed by atoms with Crippen molar-refractivity contribution in [3.05, 3.63) is 20.2 Å². The smallest absolute Gasteiger partial charge is 0.263 e. The highest BCUT2D eigenvalue weighted by Crippen LogP contribution is 2.06. The summed E-state index contributed by atoms with van der Waals surface area (Å²) in [5.41, 5.74) is 0. The SMILES string of the molecule is CC(C#N)C(C)C#N.N#CC(C(C#N)[N+](=O)[O-])[N+](=O)[O-]. The van der Waals surface area contributed by atoms with Crippen LogP contribution < -0.4 is 0 Å². The molecule has 0 bridgehead atoms. The Kier molecular flexibility index (Phi) is 9.32. The first-order valence-corrected chi connectivity index (χ1v) is 5.12. The molecule has 0 aliphatic rings. The molecule has 0 aromatic carbocycles. The number of hydrogen-bond donors (Lipinski definition) is 0. The van der Waals surface area contributed by atoms with E-state index in [1.54, 1.807) is 13.8 Å². The maximum Gasteiger partial charge on any atom is 0.375 e. The van der Waals surface area contributed by atoms with Crippen LogP contribution in [0.25, 0.3) is 0 Å². The van der Waals surface area contributed by atoms with Crippen LogP contribution in [0.2, 0.25) is 0 Å². The number of nitriles is 4. The molecule has 0 rings (SSSR count). The van der Waals surface area contributed by atoms with Crippen molar-refractivity contribution in [1.82, 2.24) is 0 Å². The van der Waals surface area contributed by atoms with Crippen molar-refractivity contribution in [2.75, 3.05) is 0 Å². The number of nitro groups is 2. The molecule has 0 spiro atoms. The van der Waals surface area contributed by atoms with Gasteiger partial charge in [0, 0.05) is 9.85 Å². The molecule has 0 N–H and O–H groups in total. The maximum atomic E-state index is 9.96. The van der Waals surface area contributed by atoms with Crippen molar-refractivity contribution in [3.63, 3.8) is 0 Å². The number of rotatable bonds is 4. The first-order valence-electron chi connectivity index (χ1n) is 5.12. The van der Waals surface area contributed by atoms with Crippen LogP contribution in [0.4, 0.5) is 0 Å². The molecule has 10 heteroatoms. The maximum absolute atomic E-state index is 9.96. The molecule has 4 unspecified atom stereocenters. The average Bonchev–Trinajstić information content (AvgIpc) is 2.42. The Morgan fingerprint density at radius 3 is 1.10 bits per heavy atom. The fraction of sp³-hybridized carbons (Fsp3) is 0.600. The fourth-order valence-electron chi connectivity index (χ4n) is 0.690. The Balaban J connectivity index is 0. The van der Waals surface area contributed by atoms with Gasteiger partial charge in [-0.25, -0.2) is 0 Å². The summed E-state index contributed by atoms with van der Waals surface area (Å²) < 4.78 is 0. The van der Waals surface area contributed by atoms with Crippen LogP contribution >= 0.6 is 0 Å². The van der Waals surface area contributed by atoms with E-state index in [1.165, 1.54) is 0 Å². The summed E-state index contributed by atoms with van der Waals surface area (Å²) in [5.74, 6) is -0.278. The van der Waals surface area contributed by atoms with Gasteiger partial charge < -0.3 is 0 Å². The summed E-state index contributed by atoms with van der Waals surface area (Å²) in [7, 11) is 0. The Labute approximate surface area is 114 Å². The van der Waals surface area contributed by atoms with E-state index < -0.39 is 21.9 Å². The molecule has 0 fully saturated rings. The zero-order valence-electron chi connectivity index (χ0n) is 10.6. The topological polar surface area (TPSA) is 181 Å². The van der Waals surface area contributed by atoms with Crippen molar-refractivity contribution < 1.29 is 9.85 Å². The predicted octanol–water partition coefficient (Wildman–Crippen LogP) is 0.630. The molecular weight excluding hydrogens is 268 g/mol. The summed E-state index contributed by atoms with van der Waals surface area (Å²) in [6, 6.07) is 1.91. The molecule has 104 valence electrons. The minimum atomic E-state index is -2.11. The highest BCUT2D eigenvalue weighted by molar-refractivity contribution is 5.00. The van der Waals surface area contributed by atoms with Gasteiger partial charge >= 0.3 is 12.1 Å². The molecule has 10 nitrogen and oxygen atoms in total. The third kappa shape index (κ3) is 6.48. The van der Waals surface area contributed by atoms with Crippen LogP contribution in [0, 0.1) is 77.4 Å². The van der Waals surface area contributed by atoms with Gasteiger partial charge in [-0.05, 0) is 13.8 Å². The third-order valence-electron chi connectivity index (χ3n) is 2.18. The van der Waals surface area contributed by atoms with Crippen LogP contribution in [-0.2, 0) is 0 Å². The van der Waals surface area contributed by atoms with Gasteiger partial charge in [-0.1, -0.05) is 0 Å². The molecular formula is C10H10N6O4. The summed E-state index contributed by atoms with van der Waals surface area (Å²) in [5, 5.41) is 52.6. The van der Waals surface area contributed by atoms with Crippen molar-refractivity contribution in [1.29, 1.82) is 21.0 Å². The molecule has 0 aliphatic heterocycles. The molecule has 0 amide bonds. The molecule has 0 radical (unpaired) electrons. The summed E-state index contributed by atoms with van der Waals surface area (Å²) in [6.45, 7) is 3.49. The van der Waals surface area contributed by atoms with Crippen LogP contribution in [0.3, 0.4) is 0 Å². The zero-order valence-corrected chi connectivity index (χ0v) is 10.6. The third-order valence-corrected chi connectivity index (χ3v) is 2.18. The lowest BCUT2D eigenvalue weighted by molar-refractivity contribution is -0.595. The van der Waals surface area contributed by atoms with E-state index in [4.69, 9.17) is 21.0 Å². The highest BCUT2D eigenvalue weighted by atomic mass is 16.6. The van der Waals surface area contributed by atoms with E-state index in [-0.39, 0.29) is 11.8 Å². The van der Waals surface area contributed by atoms with Crippen LogP contribution in [0.5, 0.6) is 0 Å². The second-order valence-electron chi connectivity index (χ2n) is 3.55. The van der Waals surface area contributed by atoms with E-state index in [9.17, 15) is 20.2 Å². The molecule has 0 heterocycles. The standard InChI is InChI=1S/C6H8N2.C4H2N4O4/c1-5(3-7)6(2)4-8;5-1-3(7(9)10)4(2-6)8(11)12/h5-6H,1-2H3;3-4H. The average molecular weight is 278 g/mol. The van der Waals surface area contributed by atoms with Gasteiger partial charge in [0.2, 0.25) is 0 Å². The Morgan fingerprint density at radius 2 is 1.00 bits per heavy atom. The summed E-state index contributed by atoms with van der Waals surface area (Å²) in [4.78, 5) is 17.6. The molecule has 20 heavy (non-hydrogen) atoms. The van der Waals surface area contributed by atoms with Gasteiger partial charge in [-0.2, -0.15) is 21.0 Å². The molecule has 0 aromatic rings. The molecule has 4 atom stereocenters. The van der Waals surface area contributed by atoms with E-state index in [0.717, 1.165) is 12.1 Å². The predicted molar refractivity (Wildman–Crippen MR) is 62.3 cm³/mol. The van der Waals surface area contributed by atoms with Gasteiger partial charge in [0.05, 0.1) is 24.0 Å². The molecule has 0 aliphatic carbocycles. The lowest BCUT2D eigenvalue weighted by Gasteiger charge is -1.99. The monoisotopic (exact) mass is 278 g/mol. The van der Waals surface area contributed by atoms with Gasteiger partial charge in [0.25, 0.3) is 0 Å².